The third-order valence-electron chi connectivity index (χ3n) is 10.2. The highest BCUT2D eigenvalue weighted by atomic mass is 32.2. The van der Waals surface area contributed by atoms with Crippen molar-refractivity contribution < 1.29 is 22.3 Å². The maximum atomic E-state index is 15.3. The number of rotatable bonds is 8. The van der Waals surface area contributed by atoms with Gasteiger partial charge in [-0.1, -0.05) is 6.07 Å². The number of pyridine rings is 1. The molecule has 10 nitrogen and oxygen atoms in total. The number of fused-ring (bicyclic) bond motifs is 4. The van der Waals surface area contributed by atoms with E-state index in [1.54, 1.807) is 31.4 Å². The topological polar surface area (TPSA) is 125 Å². The Bertz CT molecular complexity index is 2200. The number of nitrogens with two attached hydrogens (primary N) is 1. The molecular weight excluding hydrogens is 619 g/mol. The zero-order valence-electron chi connectivity index (χ0n) is 26.6. The number of hydrogen-bond acceptors (Lipinski definition) is 7. The van der Waals surface area contributed by atoms with Gasteiger partial charge < -0.3 is 24.5 Å². The lowest BCUT2D eigenvalue weighted by atomic mass is 10.1. The molecule has 2 unspecified atom stereocenters. The van der Waals surface area contributed by atoms with Gasteiger partial charge in [0.15, 0.2) is 15.7 Å². The molecule has 2 aromatic carbocycles. The van der Waals surface area contributed by atoms with E-state index in [1.807, 2.05) is 28.6 Å². The second-order valence-corrected chi connectivity index (χ2v) is 15.7. The van der Waals surface area contributed by atoms with Gasteiger partial charge in [0, 0.05) is 55.0 Å². The van der Waals surface area contributed by atoms with E-state index in [9.17, 15) is 13.2 Å². The molecule has 1 aliphatic heterocycles. The van der Waals surface area contributed by atoms with Gasteiger partial charge in [0.2, 0.25) is 0 Å². The molecule has 3 atom stereocenters. The van der Waals surface area contributed by atoms with Crippen molar-refractivity contribution in [1.29, 1.82) is 0 Å². The van der Waals surface area contributed by atoms with Crippen molar-refractivity contribution in [3.63, 3.8) is 0 Å². The van der Waals surface area contributed by atoms with E-state index in [0.717, 1.165) is 60.7 Å². The quantitative estimate of drug-likeness (QED) is 0.251. The molecule has 0 spiro atoms. The van der Waals surface area contributed by atoms with Gasteiger partial charge >= 0.3 is 0 Å². The van der Waals surface area contributed by atoms with Crippen LogP contribution in [0.25, 0.3) is 44.8 Å². The summed E-state index contributed by atoms with van der Waals surface area (Å²) in [5.74, 6) is 1.36. The SMILES string of the molecule is COc1cc(C(=O)N2CC3CCC2[C@@H]3N)cc2nc(-c3cc4ccc(-c5ccc(CS(C)(=O)=O)cc5F)nc4n3CC3CC3)n(C)c12. The van der Waals surface area contributed by atoms with E-state index in [2.05, 4.69) is 10.6 Å². The lowest BCUT2D eigenvalue weighted by Crippen LogP contribution is -2.41. The summed E-state index contributed by atoms with van der Waals surface area (Å²) in [6.07, 6.45) is 5.39. The second kappa shape index (κ2) is 10.9. The van der Waals surface area contributed by atoms with Gasteiger partial charge in [-0.05, 0) is 85.5 Å². The molecule has 5 aromatic rings. The van der Waals surface area contributed by atoms with Crippen LogP contribution in [0.15, 0.2) is 48.5 Å². The number of imidazole rings is 1. The summed E-state index contributed by atoms with van der Waals surface area (Å²) >= 11 is 0. The molecule has 3 fully saturated rings. The molecule has 2 bridgehead atoms. The monoisotopic (exact) mass is 656 g/mol. The first-order valence-electron chi connectivity index (χ1n) is 16.1. The largest absolute Gasteiger partial charge is 0.494 e. The molecule has 2 aliphatic carbocycles. The van der Waals surface area contributed by atoms with Gasteiger partial charge in [0.05, 0.1) is 29.8 Å². The summed E-state index contributed by atoms with van der Waals surface area (Å²) in [5.41, 5.74) is 11.1. The van der Waals surface area contributed by atoms with E-state index in [0.29, 0.717) is 57.9 Å². The summed E-state index contributed by atoms with van der Waals surface area (Å²) in [4.78, 5) is 25.7. The number of aromatic nitrogens is 4. The molecule has 12 heteroatoms. The Balaban J connectivity index is 1.21. The molecular formula is C35H37FN6O4S. The first-order chi connectivity index (χ1) is 22.5. The zero-order valence-corrected chi connectivity index (χ0v) is 27.4. The number of ether oxygens (including phenoxy) is 1. The molecule has 0 radical (unpaired) electrons. The third-order valence-corrected chi connectivity index (χ3v) is 11.0. The molecule has 244 valence electrons. The molecule has 8 rings (SSSR count). The van der Waals surface area contributed by atoms with Crippen LogP contribution in [0.5, 0.6) is 5.75 Å². The molecule has 1 amide bonds. The van der Waals surface area contributed by atoms with E-state index < -0.39 is 15.7 Å². The number of carbonyl (C=O) groups is 1. The van der Waals surface area contributed by atoms with Crippen molar-refractivity contribution in [3.05, 3.63) is 65.5 Å². The molecule has 1 saturated heterocycles. The first kappa shape index (κ1) is 30.1. The molecule has 4 heterocycles. The van der Waals surface area contributed by atoms with Gasteiger partial charge in [0.1, 0.15) is 22.7 Å². The number of likely N-dealkylation sites (tertiary alicyclic amines) is 1. The van der Waals surface area contributed by atoms with Crippen LogP contribution >= 0.6 is 0 Å². The summed E-state index contributed by atoms with van der Waals surface area (Å²) in [6.45, 7) is 1.43. The van der Waals surface area contributed by atoms with Gasteiger partial charge in [-0.25, -0.2) is 22.8 Å². The average molecular weight is 657 g/mol. The predicted molar refractivity (Wildman–Crippen MR) is 178 cm³/mol. The van der Waals surface area contributed by atoms with Crippen LogP contribution < -0.4 is 10.5 Å². The molecule has 3 aromatic heterocycles. The van der Waals surface area contributed by atoms with Crippen LogP contribution in [0.3, 0.4) is 0 Å². The van der Waals surface area contributed by atoms with E-state index in [4.69, 9.17) is 20.4 Å². The zero-order chi connectivity index (χ0) is 32.8. The Kier molecular flexibility index (Phi) is 6.96. The molecule has 2 saturated carbocycles. The summed E-state index contributed by atoms with van der Waals surface area (Å²) in [5, 5.41) is 0.897. The second-order valence-electron chi connectivity index (χ2n) is 13.6. The van der Waals surface area contributed by atoms with Crippen molar-refractivity contribution in [1.82, 2.24) is 24.0 Å². The molecule has 2 N–H and O–H groups in total. The van der Waals surface area contributed by atoms with Crippen molar-refractivity contribution in [2.45, 2.75) is 50.1 Å². The number of hydrogen-bond donors (Lipinski definition) is 1. The van der Waals surface area contributed by atoms with Gasteiger partial charge in [0.25, 0.3) is 5.91 Å². The van der Waals surface area contributed by atoms with E-state index in [1.165, 1.54) is 6.07 Å². The smallest absolute Gasteiger partial charge is 0.254 e. The Morgan fingerprint density at radius 2 is 1.87 bits per heavy atom. The third kappa shape index (κ3) is 5.18. The fourth-order valence-corrected chi connectivity index (χ4v) is 8.42. The minimum atomic E-state index is -3.29. The number of nitrogens with zero attached hydrogens (tertiary/aromatic N) is 5. The van der Waals surface area contributed by atoms with Gasteiger partial charge in [-0.2, -0.15) is 0 Å². The molecule has 3 aliphatic rings. The van der Waals surface area contributed by atoms with Gasteiger partial charge in [-0.3, -0.25) is 4.79 Å². The van der Waals surface area contributed by atoms with Crippen molar-refractivity contribution in [2.75, 3.05) is 19.9 Å². The number of amides is 1. The standard InChI is InChI=1S/C35H37FN6O4S/c1-40-32-27(13-23(15-30(32)46-2)35(43)42-17-22-8-11-28(42)31(22)37)39-34(40)29-14-21-7-10-26(38-33(21)41(29)16-19-4-5-19)24-9-6-20(12-25(24)36)18-47(3,44)45/h6-7,9-10,12-15,19,22,28,31H,4-5,8,11,16-18,37H2,1-3H3/t22?,28?,31-/m1/s1. The number of aryl methyl sites for hydroxylation is 1. The number of sulfone groups is 1. The lowest BCUT2D eigenvalue weighted by molar-refractivity contribution is 0.0700. The highest BCUT2D eigenvalue weighted by molar-refractivity contribution is 7.89. The van der Waals surface area contributed by atoms with Gasteiger partial charge in [-0.15, -0.1) is 0 Å². The van der Waals surface area contributed by atoms with Crippen LogP contribution in [0.2, 0.25) is 0 Å². The van der Waals surface area contributed by atoms with Crippen LogP contribution in [0.1, 0.15) is 41.6 Å². The molecule has 47 heavy (non-hydrogen) atoms. The first-order valence-corrected chi connectivity index (χ1v) is 18.1. The normalized spacial score (nSPS) is 21.0. The maximum Gasteiger partial charge on any atom is 0.254 e. The number of carbonyl (C=O) groups excluding carboxylic acids is 1. The van der Waals surface area contributed by atoms with Crippen molar-refractivity contribution in [3.8, 4) is 28.5 Å². The summed E-state index contributed by atoms with van der Waals surface area (Å²) in [6, 6.07) is 14.0. The minimum absolute atomic E-state index is 0.0317. The average Bonchev–Trinajstić information content (AvgIpc) is 3.44. The summed E-state index contributed by atoms with van der Waals surface area (Å²) in [7, 11) is 0.254. The highest BCUT2D eigenvalue weighted by Gasteiger charge is 2.47. The number of methoxy groups -OCH3 is 1. The van der Waals surface area contributed by atoms with E-state index >= 15 is 4.39 Å². The Morgan fingerprint density at radius 3 is 2.53 bits per heavy atom. The minimum Gasteiger partial charge on any atom is -0.494 e. The van der Waals surface area contributed by atoms with Crippen molar-refractivity contribution in [2.24, 2.45) is 24.6 Å². The lowest BCUT2D eigenvalue weighted by Gasteiger charge is -2.27. The Hall–Kier alpha value is -4.29. The fraction of sp³-hybridized carbons (Fsp3) is 0.400. The highest BCUT2D eigenvalue weighted by Crippen LogP contribution is 2.40. The number of piperidine rings is 1. The van der Waals surface area contributed by atoms with Crippen LogP contribution in [-0.4, -0.2) is 70.3 Å². The number of halogens is 1. The Morgan fingerprint density at radius 1 is 1.06 bits per heavy atom. The fourth-order valence-electron chi connectivity index (χ4n) is 7.63. The van der Waals surface area contributed by atoms with E-state index in [-0.39, 0.29) is 23.7 Å². The Labute approximate surface area is 272 Å². The maximum absolute atomic E-state index is 15.3. The van der Waals surface area contributed by atoms with Crippen molar-refractivity contribution >= 4 is 37.8 Å². The van der Waals surface area contributed by atoms with Crippen LogP contribution in [-0.2, 0) is 29.2 Å². The van der Waals surface area contributed by atoms with Crippen LogP contribution in [0.4, 0.5) is 4.39 Å². The summed E-state index contributed by atoms with van der Waals surface area (Å²) < 4.78 is 48.8. The number of benzene rings is 2. The van der Waals surface area contributed by atoms with Crippen LogP contribution in [0, 0.1) is 17.7 Å². The predicted octanol–water partition coefficient (Wildman–Crippen LogP) is 4.92.